The van der Waals surface area contributed by atoms with Crippen molar-refractivity contribution in [2.24, 2.45) is 4.99 Å². The van der Waals surface area contributed by atoms with Gasteiger partial charge in [-0.05, 0) is 50.5 Å². The molecule has 7 heteroatoms. The average Bonchev–Trinajstić information content (AvgIpc) is 3.28. The topological polar surface area (TPSA) is 54.2 Å². The summed E-state index contributed by atoms with van der Waals surface area (Å²) in [5, 5.41) is 12.2. The second-order valence-corrected chi connectivity index (χ2v) is 7.09. The molecule has 142 valence electrons. The molecule has 1 fully saturated rings. The van der Waals surface area contributed by atoms with Gasteiger partial charge in [-0.3, -0.25) is 9.67 Å². The van der Waals surface area contributed by atoms with Gasteiger partial charge in [-0.2, -0.15) is 5.10 Å². The van der Waals surface area contributed by atoms with E-state index in [2.05, 4.69) is 50.5 Å². The van der Waals surface area contributed by atoms with Gasteiger partial charge < -0.3 is 10.6 Å². The molecule has 0 amide bonds. The van der Waals surface area contributed by atoms with E-state index in [-0.39, 0.29) is 24.0 Å². The molecule has 26 heavy (non-hydrogen) atoms. The third-order valence-electron chi connectivity index (χ3n) is 4.56. The Labute approximate surface area is 177 Å². The highest BCUT2D eigenvalue weighted by molar-refractivity contribution is 14.0. The smallest absolute Gasteiger partial charge is 0.191 e. The van der Waals surface area contributed by atoms with Gasteiger partial charge in [-0.25, -0.2) is 0 Å². The van der Waals surface area contributed by atoms with Crippen LogP contribution in [0.1, 0.15) is 35.7 Å². The molecular weight excluding hydrogens is 461 g/mol. The number of guanidine groups is 1. The number of aliphatic imine (C=N–C) groups is 1. The number of nitrogens with one attached hydrogen (secondary N) is 2. The normalized spacial score (nSPS) is 19.0. The lowest BCUT2D eigenvalue weighted by atomic mass is 10.1. The number of rotatable bonds is 6. The molecule has 0 bridgehead atoms. The highest BCUT2D eigenvalue weighted by Crippen LogP contribution is 2.41. The number of halogens is 2. The van der Waals surface area contributed by atoms with Crippen LogP contribution in [0.3, 0.4) is 0 Å². The Kier molecular flexibility index (Phi) is 7.76. The first-order chi connectivity index (χ1) is 12.1. The Morgan fingerprint density at radius 3 is 2.81 bits per heavy atom. The van der Waals surface area contributed by atoms with Crippen LogP contribution in [-0.2, 0) is 6.54 Å². The van der Waals surface area contributed by atoms with E-state index in [1.54, 1.807) is 0 Å². The van der Waals surface area contributed by atoms with Crippen LogP contribution in [-0.4, -0.2) is 35.4 Å². The number of aromatic nitrogens is 2. The molecule has 1 heterocycles. The number of hydrogen-bond donors (Lipinski definition) is 2. The largest absolute Gasteiger partial charge is 0.356 e. The molecule has 0 radical (unpaired) electrons. The van der Waals surface area contributed by atoms with Gasteiger partial charge >= 0.3 is 0 Å². The molecule has 1 aliphatic carbocycles. The summed E-state index contributed by atoms with van der Waals surface area (Å²) in [6.45, 7) is 5.90. The maximum Gasteiger partial charge on any atom is 0.191 e. The van der Waals surface area contributed by atoms with Gasteiger partial charge in [-0.15, -0.1) is 24.0 Å². The second-order valence-electron chi connectivity index (χ2n) is 6.65. The Morgan fingerprint density at radius 2 is 2.15 bits per heavy atom. The fraction of sp³-hybridized carbons (Fsp3) is 0.474. The minimum absolute atomic E-state index is 0. The first-order valence-corrected chi connectivity index (χ1v) is 9.18. The molecular formula is C19H27ClIN5. The van der Waals surface area contributed by atoms with Gasteiger partial charge in [0.1, 0.15) is 0 Å². The lowest BCUT2D eigenvalue weighted by Crippen LogP contribution is -2.39. The van der Waals surface area contributed by atoms with Crippen molar-refractivity contribution in [1.29, 1.82) is 0 Å². The zero-order chi connectivity index (χ0) is 17.8. The minimum atomic E-state index is 0. The summed E-state index contributed by atoms with van der Waals surface area (Å²) >= 11 is 6.08. The molecule has 1 aromatic heterocycles. The second kappa shape index (κ2) is 9.60. The fourth-order valence-corrected chi connectivity index (χ4v) is 3.37. The van der Waals surface area contributed by atoms with Gasteiger partial charge in [0.05, 0.1) is 5.69 Å². The minimum Gasteiger partial charge on any atom is -0.356 e. The van der Waals surface area contributed by atoms with Gasteiger partial charge in [0, 0.05) is 42.8 Å². The van der Waals surface area contributed by atoms with Crippen molar-refractivity contribution in [2.45, 2.75) is 45.2 Å². The summed E-state index contributed by atoms with van der Waals surface area (Å²) < 4.78 is 2.06. The van der Waals surface area contributed by atoms with Crippen LogP contribution < -0.4 is 10.6 Å². The van der Waals surface area contributed by atoms with Crippen LogP contribution in [0.25, 0.3) is 0 Å². The number of hydrogen-bond acceptors (Lipinski definition) is 2. The maximum atomic E-state index is 6.08. The molecule has 0 saturated heterocycles. The van der Waals surface area contributed by atoms with Gasteiger partial charge in [0.15, 0.2) is 5.96 Å². The zero-order valence-corrected chi connectivity index (χ0v) is 18.6. The van der Waals surface area contributed by atoms with E-state index in [9.17, 15) is 0 Å². The average molecular weight is 488 g/mol. The zero-order valence-electron chi connectivity index (χ0n) is 15.5. The summed E-state index contributed by atoms with van der Waals surface area (Å²) in [4.78, 5) is 4.33. The fourth-order valence-electron chi connectivity index (χ4n) is 3.17. The maximum absolute atomic E-state index is 6.08. The van der Waals surface area contributed by atoms with Gasteiger partial charge in [0.25, 0.3) is 0 Å². The van der Waals surface area contributed by atoms with E-state index in [1.165, 1.54) is 11.3 Å². The standard InChI is InChI=1S/C19H26ClN5.HI/c1-13-10-14(2)25(24-13)9-5-8-22-19(21-3)23-18-12-17(18)15-6-4-7-16(20)11-15;/h4,6-7,10-11,17-18H,5,8-9,12H2,1-3H3,(H2,21,22,23);1H. The highest BCUT2D eigenvalue weighted by Gasteiger charge is 2.39. The van der Waals surface area contributed by atoms with Crippen LogP contribution in [0.15, 0.2) is 35.3 Å². The van der Waals surface area contributed by atoms with Gasteiger partial charge in [-0.1, -0.05) is 23.7 Å². The van der Waals surface area contributed by atoms with E-state index in [0.29, 0.717) is 12.0 Å². The number of nitrogens with zero attached hydrogens (tertiary/aromatic N) is 3. The van der Waals surface area contributed by atoms with E-state index < -0.39 is 0 Å². The van der Waals surface area contributed by atoms with Crippen LogP contribution in [0.4, 0.5) is 0 Å². The Hall–Kier alpha value is -1.28. The molecule has 3 rings (SSSR count). The van der Waals surface area contributed by atoms with Crippen molar-refractivity contribution < 1.29 is 0 Å². The third-order valence-corrected chi connectivity index (χ3v) is 4.79. The van der Waals surface area contributed by atoms with Crippen LogP contribution in [0.2, 0.25) is 5.02 Å². The number of benzene rings is 1. The summed E-state index contributed by atoms with van der Waals surface area (Å²) in [6, 6.07) is 10.7. The highest BCUT2D eigenvalue weighted by atomic mass is 127. The van der Waals surface area contributed by atoms with Crippen LogP contribution >= 0.6 is 35.6 Å². The van der Waals surface area contributed by atoms with E-state index in [0.717, 1.165) is 42.6 Å². The first kappa shape index (κ1) is 21.0. The van der Waals surface area contributed by atoms with Crippen molar-refractivity contribution >= 4 is 41.5 Å². The third kappa shape index (κ3) is 5.61. The van der Waals surface area contributed by atoms with Crippen LogP contribution in [0.5, 0.6) is 0 Å². The van der Waals surface area contributed by atoms with Crippen LogP contribution in [0, 0.1) is 13.8 Å². The van der Waals surface area contributed by atoms with Gasteiger partial charge in [0.2, 0.25) is 0 Å². The molecule has 2 unspecified atom stereocenters. The summed E-state index contributed by atoms with van der Waals surface area (Å²) in [7, 11) is 1.81. The van der Waals surface area contributed by atoms with E-state index >= 15 is 0 Å². The summed E-state index contributed by atoms with van der Waals surface area (Å²) in [5.74, 6) is 1.38. The molecule has 2 aromatic rings. The van der Waals surface area contributed by atoms with Crippen molar-refractivity contribution in [3.8, 4) is 0 Å². The summed E-state index contributed by atoms with van der Waals surface area (Å²) in [5.41, 5.74) is 3.58. The Balaban J connectivity index is 0.00000243. The molecule has 0 aliphatic heterocycles. The predicted octanol–water partition coefficient (Wildman–Crippen LogP) is 3.88. The first-order valence-electron chi connectivity index (χ1n) is 8.80. The van der Waals surface area contributed by atoms with E-state index in [4.69, 9.17) is 11.6 Å². The molecule has 2 N–H and O–H groups in total. The lowest BCUT2D eigenvalue weighted by Gasteiger charge is -2.12. The number of aryl methyl sites for hydroxylation is 3. The van der Waals surface area contributed by atoms with Crippen molar-refractivity contribution in [3.63, 3.8) is 0 Å². The van der Waals surface area contributed by atoms with Crippen molar-refractivity contribution in [1.82, 2.24) is 20.4 Å². The summed E-state index contributed by atoms with van der Waals surface area (Å²) in [6.07, 6.45) is 2.12. The molecule has 1 saturated carbocycles. The molecule has 1 aliphatic rings. The molecule has 0 spiro atoms. The lowest BCUT2D eigenvalue weighted by molar-refractivity contribution is 0.555. The van der Waals surface area contributed by atoms with Crippen molar-refractivity contribution in [2.75, 3.05) is 13.6 Å². The Morgan fingerprint density at radius 1 is 1.35 bits per heavy atom. The SMILES string of the molecule is CN=C(NCCCn1nc(C)cc1C)NC1CC1c1cccc(Cl)c1.I. The van der Waals surface area contributed by atoms with E-state index in [1.807, 2.05) is 26.1 Å². The monoisotopic (exact) mass is 487 g/mol. The quantitative estimate of drug-likeness (QED) is 0.281. The molecule has 5 nitrogen and oxygen atoms in total. The molecule has 1 aromatic carbocycles. The molecule has 2 atom stereocenters. The van der Waals surface area contributed by atoms with Crippen molar-refractivity contribution in [3.05, 3.63) is 52.3 Å². The Bertz CT molecular complexity index is 758. The predicted molar refractivity (Wildman–Crippen MR) is 119 cm³/mol.